The summed E-state index contributed by atoms with van der Waals surface area (Å²) in [4.78, 5) is 12.8. The molecule has 49 heavy (non-hydrogen) atoms. The Morgan fingerprint density at radius 3 is 1.45 bits per heavy atom. The van der Waals surface area contributed by atoms with E-state index in [0.29, 0.717) is 12.8 Å². The molecule has 9 heteroatoms. The van der Waals surface area contributed by atoms with Gasteiger partial charge in [-0.05, 0) is 12.8 Å². The molecule has 1 aliphatic rings. The molecular formula is C40H79NO8. The zero-order chi connectivity index (χ0) is 36.0. The molecule has 0 spiro atoms. The maximum absolute atomic E-state index is 12.8. The van der Waals surface area contributed by atoms with Gasteiger partial charge in [0.2, 0.25) is 5.91 Å². The van der Waals surface area contributed by atoms with Crippen LogP contribution in [0.4, 0.5) is 0 Å². The van der Waals surface area contributed by atoms with Crippen LogP contribution in [0.5, 0.6) is 0 Å². The van der Waals surface area contributed by atoms with E-state index in [1.807, 2.05) is 0 Å². The van der Waals surface area contributed by atoms with Crippen molar-refractivity contribution in [2.75, 3.05) is 13.2 Å². The molecule has 0 saturated carbocycles. The van der Waals surface area contributed by atoms with Gasteiger partial charge in [-0.3, -0.25) is 4.79 Å². The molecule has 1 rings (SSSR count). The molecule has 6 N–H and O–H groups in total. The minimum atomic E-state index is -1.55. The second-order valence-corrected chi connectivity index (χ2v) is 14.8. The Balaban J connectivity index is 2.32. The first-order chi connectivity index (χ1) is 23.8. The maximum Gasteiger partial charge on any atom is 0.220 e. The molecule has 1 fully saturated rings. The quantitative estimate of drug-likeness (QED) is 0.0376. The molecule has 9 nitrogen and oxygen atoms in total. The van der Waals surface area contributed by atoms with Gasteiger partial charge in [0, 0.05) is 6.42 Å². The Hall–Kier alpha value is -0.810. The van der Waals surface area contributed by atoms with Crippen molar-refractivity contribution >= 4 is 5.91 Å². The summed E-state index contributed by atoms with van der Waals surface area (Å²) < 4.78 is 11.2. The monoisotopic (exact) mass is 702 g/mol. The van der Waals surface area contributed by atoms with Crippen molar-refractivity contribution in [2.45, 2.75) is 236 Å². The molecular weight excluding hydrogens is 622 g/mol. The Bertz CT molecular complexity index is 741. The van der Waals surface area contributed by atoms with Gasteiger partial charge in [-0.1, -0.05) is 174 Å². The molecule has 0 aliphatic carbocycles. The van der Waals surface area contributed by atoms with E-state index in [1.165, 1.54) is 128 Å². The van der Waals surface area contributed by atoms with Crippen LogP contribution in [-0.2, 0) is 14.3 Å². The van der Waals surface area contributed by atoms with E-state index in [0.717, 1.165) is 38.5 Å². The summed E-state index contributed by atoms with van der Waals surface area (Å²) >= 11 is 0. The number of ether oxygens (including phenoxy) is 2. The number of nitrogens with one attached hydrogen (secondary N) is 1. The summed E-state index contributed by atoms with van der Waals surface area (Å²) in [6, 6.07) is -0.709. The summed E-state index contributed by atoms with van der Waals surface area (Å²) in [5.41, 5.74) is 0. The van der Waals surface area contributed by atoms with E-state index in [-0.39, 0.29) is 12.5 Å². The first-order valence-electron chi connectivity index (χ1n) is 20.7. The van der Waals surface area contributed by atoms with E-state index in [2.05, 4.69) is 19.2 Å². The maximum atomic E-state index is 12.8. The van der Waals surface area contributed by atoms with Gasteiger partial charge in [-0.15, -0.1) is 0 Å². The normalized spacial score (nSPS) is 22.3. The van der Waals surface area contributed by atoms with E-state index in [4.69, 9.17) is 9.47 Å². The number of aliphatic hydroxyl groups is 5. The van der Waals surface area contributed by atoms with Gasteiger partial charge in [0.05, 0.1) is 25.4 Å². The minimum Gasteiger partial charge on any atom is -0.394 e. The van der Waals surface area contributed by atoms with Crippen molar-refractivity contribution in [3.05, 3.63) is 0 Å². The standard InChI is InChI=1S/C40H79NO8/c1-3-5-7-9-11-13-14-15-16-17-18-19-20-21-22-23-25-27-29-34(43)33(41-36(44)30-28-26-24-12-10-8-6-4-2)32-48-40-39(47)38(46)37(45)35(31-42)49-40/h33-35,37-40,42-43,45-47H,3-32H2,1-2H3,(H,41,44). The zero-order valence-electron chi connectivity index (χ0n) is 31.7. The first-order valence-corrected chi connectivity index (χ1v) is 20.7. The molecule has 0 aromatic heterocycles. The van der Waals surface area contributed by atoms with Crippen LogP contribution in [0.15, 0.2) is 0 Å². The van der Waals surface area contributed by atoms with Gasteiger partial charge < -0.3 is 40.3 Å². The minimum absolute atomic E-state index is 0.133. The number of unbranched alkanes of at least 4 members (excludes halogenated alkanes) is 24. The number of amides is 1. The van der Waals surface area contributed by atoms with E-state index in [9.17, 15) is 30.3 Å². The van der Waals surface area contributed by atoms with Crippen molar-refractivity contribution in [3.8, 4) is 0 Å². The Morgan fingerprint density at radius 1 is 0.612 bits per heavy atom. The lowest BCUT2D eigenvalue weighted by molar-refractivity contribution is -0.302. The number of hydrogen-bond donors (Lipinski definition) is 6. The molecule has 0 radical (unpaired) electrons. The molecule has 1 aliphatic heterocycles. The summed E-state index contributed by atoms with van der Waals surface area (Å²) in [6.45, 7) is 3.80. The Labute approximate surface area is 300 Å². The van der Waals surface area contributed by atoms with Crippen molar-refractivity contribution in [2.24, 2.45) is 0 Å². The third-order valence-corrected chi connectivity index (χ3v) is 10.2. The molecule has 0 bridgehead atoms. The predicted octanol–water partition coefficient (Wildman–Crippen LogP) is 7.61. The fourth-order valence-electron chi connectivity index (χ4n) is 6.81. The second-order valence-electron chi connectivity index (χ2n) is 14.8. The third kappa shape index (κ3) is 23.4. The van der Waals surface area contributed by atoms with Gasteiger partial charge in [-0.25, -0.2) is 0 Å². The SMILES string of the molecule is CCCCCCCCCCCCCCCCCCCCC(O)C(COC1OC(CO)C(O)C(O)C1O)NC(=O)CCCCCCCCCC. The highest BCUT2D eigenvalue weighted by Crippen LogP contribution is 2.23. The lowest BCUT2D eigenvalue weighted by Crippen LogP contribution is -2.60. The molecule has 7 atom stereocenters. The average Bonchev–Trinajstić information content (AvgIpc) is 3.10. The van der Waals surface area contributed by atoms with Crippen LogP contribution in [0.3, 0.4) is 0 Å². The highest BCUT2D eigenvalue weighted by molar-refractivity contribution is 5.76. The zero-order valence-corrected chi connectivity index (χ0v) is 31.7. The molecule has 1 saturated heterocycles. The van der Waals surface area contributed by atoms with Crippen LogP contribution in [0.25, 0.3) is 0 Å². The van der Waals surface area contributed by atoms with Crippen LogP contribution >= 0.6 is 0 Å². The number of aliphatic hydroxyl groups excluding tert-OH is 5. The number of rotatable bonds is 34. The van der Waals surface area contributed by atoms with E-state index < -0.39 is 49.5 Å². The van der Waals surface area contributed by atoms with Gasteiger partial charge in [0.1, 0.15) is 24.4 Å². The van der Waals surface area contributed by atoms with Gasteiger partial charge >= 0.3 is 0 Å². The number of carbonyl (C=O) groups excluding carboxylic acids is 1. The Kier molecular flexibility index (Phi) is 30.1. The average molecular weight is 702 g/mol. The van der Waals surface area contributed by atoms with Crippen molar-refractivity contribution in [1.29, 1.82) is 0 Å². The van der Waals surface area contributed by atoms with Crippen LogP contribution < -0.4 is 5.32 Å². The fourth-order valence-corrected chi connectivity index (χ4v) is 6.81. The third-order valence-electron chi connectivity index (χ3n) is 10.2. The van der Waals surface area contributed by atoms with Crippen LogP contribution in [0.2, 0.25) is 0 Å². The largest absolute Gasteiger partial charge is 0.394 e. The van der Waals surface area contributed by atoms with Crippen LogP contribution in [0, 0.1) is 0 Å². The number of carbonyl (C=O) groups is 1. The topological polar surface area (TPSA) is 149 Å². The fraction of sp³-hybridized carbons (Fsp3) is 0.975. The van der Waals surface area contributed by atoms with Crippen molar-refractivity contribution in [1.82, 2.24) is 5.32 Å². The van der Waals surface area contributed by atoms with E-state index >= 15 is 0 Å². The summed E-state index contributed by atoms with van der Waals surface area (Å²) in [5, 5.41) is 54.0. The van der Waals surface area contributed by atoms with Gasteiger partial charge in [0.15, 0.2) is 6.29 Å². The van der Waals surface area contributed by atoms with Gasteiger partial charge in [0.25, 0.3) is 0 Å². The van der Waals surface area contributed by atoms with E-state index in [1.54, 1.807) is 0 Å². The van der Waals surface area contributed by atoms with Crippen LogP contribution in [0.1, 0.15) is 194 Å². The molecule has 1 amide bonds. The smallest absolute Gasteiger partial charge is 0.220 e. The molecule has 0 aromatic rings. The van der Waals surface area contributed by atoms with Gasteiger partial charge in [-0.2, -0.15) is 0 Å². The molecule has 1 heterocycles. The molecule has 292 valence electrons. The highest BCUT2D eigenvalue weighted by Gasteiger charge is 2.44. The summed E-state index contributed by atoms with van der Waals surface area (Å²) in [6.07, 6.45) is 25.5. The summed E-state index contributed by atoms with van der Waals surface area (Å²) in [7, 11) is 0. The summed E-state index contributed by atoms with van der Waals surface area (Å²) in [5.74, 6) is -0.148. The molecule has 0 aromatic carbocycles. The van der Waals surface area contributed by atoms with Crippen molar-refractivity contribution in [3.63, 3.8) is 0 Å². The number of hydrogen-bond acceptors (Lipinski definition) is 8. The first kappa shape index (κ1) is 46.2. The lowest BCUT2D eigenvalue weighted by Gasteiger charge is -2.40. The molecule has 7 unspecified atom stereocenters. The predicted molar refractivity (Wildman–Crippen MR) is 198 cm³/mol. The van der Waals surface area contributed by atoms with Crippen molar-refractivity contribution < 1.29 is 39.8 Å². The Morgan fingerprint density at radius 2 is 1.02 bits per heavy atom. The highest BCUT2D eigenvalue weighted by atomic mass is 16.7. The second kappa shape index (κ2) is 31.9. The van der Waals surface area contributed by atoms with Crippen LogP contribution in [-0.4, -0.2) is 87.5 Å². The lowest BCUT2D eigenvalue weighted by atomic mass is 9.99.